The highest BCUT2D eigenvalue weighted by atomic mass is 79.9. The molecule has 0 aliphatic heterocycles. The van der Waals surface area contributed by atoms with Crippen molar-refractivity contribution < 1.29 is 9.53 Å². The first kappa shape index (κ1) is 20.2. The molecular weight excluding hydrogens is 396 g/mol. The van der Waals surface area contributed by atoms with Gasteiger partial charge in [0.05, 0.1) is 23.6 Å². The van der Waals surface area contributed by atoms with Crippen LogP contribution in [0.2, 0.25) is 0 Å². The third kappa shape index (κ3) is 4.94. The van der Waals surface area contributed by atoms with E-state index in [-0.39, 0.29) is 11.9 Å². The normalized spacial score (nSPS) is 10.6. The number of amides is 1. The van der Waals surface area contributed by atoms with Gasteiger partial charge in [-0.15, -0.1) is 0 Å². The second kappa shape index (κ2) is 9.52. The lowest BCUT2D eigenvalue weighted by Gasteiger charge is -2.15. The first-order valence-corrected chi connectivity index (χ1v) is 9.56. The Hall–Kier alpha value is -2.15. The molecule has 1 aromatic heterocycles. The highest BCUT2D eigenvalue weighted by molar-refractivity contribution is 9.10. The van der Waals surface area contributed by atoms with Gasteiger partial charge in [0, 0.05) is 17.1 Å². The van der Waals surface area contributed by atoms with E-state index in [1.165, 1.54) is 12.8 Å². The van der Waals surface area contributed by atoms with Crippen LogP contribution < -0.4 is 15.8 Å². The SMILES string of the molecule is CCCCCCOc1ccc(Br)cc1-c1nc(N)nc(C)c1C(=O)NC. The average molecular weight is 421 g/mol. The summed E-state index contributed by atoms with van der Waals surface area (Å²) in [5.74, 6) is 0.540. The maximum Gasteiger partial charge on any atom is 0.255 e. The minimum absolute atomic E-state index is 0.124. The molecule has 2 aromatic rings. The molecule has 0 saturated carbocycles. The maximum absolute atomic E-state index is 12.4. The van der Waals surface area contributed by atoms with E-state index in [9.17, 15) is 4.79 Å². The smallest absolute Gasteiger partial charge is 0.255 e. The molecule has 0 spiro atoms. The predicted octanol–water partition coefficient (Wildman–Crippen LogP) is 4.12. The summed E-state index contributed by atoms with van der Waals surface area (Å²) >= 11 is 3.48. The second-order valence-electron chi connectivity index (χ2n) is 6.02. The summed E-state index contributed by atoms with van der Waals surface area (Å²) in [4.78, 5) is 20.9. The Morgan fingerprint density at radius 2 is 2.04 bits per heavy atom. The van der Waals surface area contributed by atoms with Crippen molar-refractivity contribution in [2.45, 2.75) is 39.5 Å². The van der Waals surface area contributed by atoms with Crippen molar-refractivity contribution in [1.29, 1.82) is 0 Å². The fourth-order valence-electron chi connectivity index (χ4n) is 2.71. The number of nitrogens with one attached hydrogen (secondary N) is 1. The Morgan fingerprint density at radius 1 is 1.27 bits per heavy atom. The number of hydrogen-bond acceptors (Lipinski definition) is 5. The van der Waals surface area contributed by atoms with Gasteiger partial charge >= 0.3 is 0 Å². The Labute approximate surface area is 162 Å². The molecule has 6 nitrogen and oxygen atoms in total. The van der Waals surface area contributed by atoms with Gasteiger partial charge < -0.3 is 15.8 Å². The minimum Gasteiger partial charge on any atom is -0.493 e. The monoisotopic (exact) mass is 420 g/mol. The summed E-state index contributed by atoms with van der Waals surface area (Å²) in [6.07, 6.45) is 4.49. The number of aryl methyl sites for hydroxylation is 1. The Balaban J connectivity index is 2.44. The molecular formula is C19H25BrN4O2. The quantitative estimate of drug-likeness (QED) is 0.626. The van der Waals surface area contributed by atoms with Gasteiger partial charge in [0.1, 0.15) is 5.75 Å². The number of anilines is 1. The second-order valence-corrected chi connectivity index (χ2v) is 6.94. The van der Waals surface area contributed by atoms with E-state index in [1.54, 1.807) is 14.0 Å². The number of ether oxygens (including phenoxy) is 1. The summed E-state index contributed by atoms with van der Waals surface area (Å²) in [5, 5.41) is 2.64. The maximum atomic E-state index is 12.4. The zero-order valence-corrected chi connectivity index (χ0v) is 17.0. The van der Waals surface area contributed by atoms with E-state index in [0.717, 1.165) is 17.3 Å². The molecule has 1 amide bonds. The van der Waals surface area contributed by atoms with Crippen LogP contribution in [0, 0.1) is 6.92 Å². The zero-order valence-electron chi connectivity index (χ0n) is 15.4. The summed E-state index contributed by atoms with van der Waals surface area (Å²) < 4.78 is 6.85. The largest absolute Gasteiger partial charge is 0.493 e. The molecule has 1 aromatic carbocycles. The number of nitrogens with zero attached hydrogens (tertiary/aromatic N) is 2. The zero-order chi connectivity index (χ0) is 19.1. The topological polar surface area (TPSA) is 90.1 Å². The number of unbranched alkanes of at least 4 members (excludes halogenated alkanes) is 3. The molecule has 0 unspecified atom stereocenters. The highest BCUT2D eigenvalue weighted by Crippen LogP contribution is 2.35. The average Bonchev–Trinajstić information content (AvgIpc) is 2.61. The van der Waals surface area contributed by atoms with E-state index in [2.05, 4.69) is 38.1 Å². The molecule has 26 heavy (non-hydrogen) atoms. The van der Waals surface area contributed by atoms with Crippen LogP contribution in [0.4, 0.5) is 5.95 Å². The molecule has 0 aliphatic carbocycles. The van der Waals surface area contributed by atoms with E-state index in [0.29, 0.717) is 34.9 Å². The molecule has 0 atom stereocenters. The highest BCUT2D eigenvalue weighted by Gasteiger charge is 2.21. The summed E-state index contributed by atoms with van der Waals surface area (Å²) in [6.45, 7) is 4.54. The van der Waals surface area contributed by atoms with Crippen LogP contribution in [0.1, 0.15) is 48.7 Å². The lowest BCUT2D eigenvalue weighted by molar-refractivity contribution is 0.0962. The molecule has 3 N–H and O–H groups in total. The van der Waals surface area contributed by atoms with Gasteiger partial charge in [-0.1, -0.05) is 42.1 Å². The van der Waals surface area contributed by atoms with Crippen LogP contribution >= 0.6 is 15.9 Å². The number of nitrogens with two attached hydrogens (primary N) is 1. The fourth-order valence-corrected chi connectivity index (χ4v) is 3.07. The predicted molar refractivity (Wildman–Crippen MR) is 107 cm³/mol. The van der Waals surface area contributed by atoms with Crippen LogP contribution in [0.25, 0.3) is 11.3 Å². The van der Waals surface area contributed by atoms with Crippen molar-refractivity contribution in [3.8, 4) is 17.0 Å². The van der Waals surface area contributed by atoms with Gasteiger partial charge in [0.25, 0.3) is 5.91 Å². The van der Waals surface area contributed by atoms with E-state index in [1.807, 2.05) is 18.2 Å². The molecule has 0 saturated heterocycles. The Morgan fingerprint density at radius 3 is 2.73 bits per heavy atom. The van der Waals surface area contributed by atoms with Crippen LogP contribution in [-0.2, 0) is 0 Å². The number of hydrogen-bond donors (Lipinski definition) is 2. The van der Waals surface area contributed by atoms with Gasteiger partial charge in [-0.2, -0.15) is 0 Å². The molecule has 7 heteroatoms. The standard InChI is InChI=1S/C19H25BrN4O2/c1-4-5-6-7-10-26-15-9-8-13(20)11-14(15)17-16(18(25)22-3)12(2)23-19(21)24-17/h8-9,11H,4-7,10H2,1-3H3,(H,22,25)(H2,21,23,24). The number of halogens is 1. The molecule has 0 radical (unpaired) electrons. The lowest BCUT2D eigenvalue weighted by Crippen LogP contribution is -2.22. The Bertz CT molecular complexity index is 780. The van der Waals surface area contributed by atoms with Crippen molar-refractivity contribution in [3.63, 3.8) is 0 Å². The number of aromatic nitrogens is 2. The number of nitrogen functional groups attached to an aromatic ring is 1. The van der Waals surface area contributed by atoms with Crippen LogP contribution in [-0.4, -0.2) is 29.5 Å². The molecule has 0 aliphatic rings. The van der Waals surface area contributed by atoms with Crippen molar-refractivity contribution in [3.05, 3.63) is 33.9 Å². The molecule has 0 fully saturated rings. The third-order valence-corrected chi connectivity index (χ3v) is 4.51. The van der Waals surface area contributed by atoms with Crippen molar-refractivity contribution in [2.75, 3.05) is 19.4 Å². The first-order valence-electron chi connectivity index (χ1n) is 8.76. The van der Waals surface area contributed by atoms with Gasteiger partial charge in [-0.25, -0.2) is 9.97 Å². The van der Waals surface area contributed by atoms with Crippen molar-refractivity contribution >= 4 is 27.8 Å². The summed E-state index contributed by atoms with van der Waals surface area (Å²) in [6, 6.07) is 5.66. The molecule has 0 bridgehead atoms. The molecule has 140 valence electrons. The van der Waals surface area contributed by atoms with E-state index >= 15 is 0 Å². The summed E-state index contributed by atoms with van der Waals surface area (Å²) in [7, 11) is 1.58. The number of carbonyl (C=O) groups is 1. The van der Waals surface area contributed by atoms with E-state index in [4.69, 9.17) is 10.5 Å². The molecule has 1 heterocycles. The lowest BCUT2D eigenvalue weighted by atomic mass is 10.0. The van der Waals surface area contributed by atoms with Gasteiger partial charge in [-0.05, 0) is 31.5 Å². The van der Waals surface area contributed by atoms with Crippen LogP contribution in [0.3, 0.4) is 0 Å². The fraction of sp³-hybridized carbons (Fsp3) is 0.421. The minimum atomic E-state index is -0.258. The number of benzene rings is 1. The first-order chi connectivity index (χ1) is 12.5. The van der Waals surface area contributed by atoms with Gasteiger partial charge in [0.2, 0.25) is 5.95 Å². The van der Waals surface area contributed by atoms with Crippen LogP contribution in [0.5, 0.6) is 5.75 Å². The third-order valence-electron chi connectivity index (χ3n) is 4.01. The van der Waals surface area contributed by atoms with Crippen molar-refractivity contribution in [2.24, 2.45) is 0 Å². The Kier molecular flexibility index (Phi) is 7.38. The summed E-state index contributed by atoms with van der Waals surface area (Å²) in [5.41, 5.74) is 7.96. The van der Waals surface area contributed by atoms with Crippen LogP contribution in [0.15, 0.2) is 22.7 Å². The van der Waals surface area contributed by atoms with Crippen molar-refractivity contribution in [1.82, 2.24) is 15.3 Å². The molecule has 2 rings (SSSR count). The number of rotatable bonds is 8. The van der Waals surface area contributed by atoms with Gasteiger partial charge in [-0.3, -0.25) is 4.79 Å². The van der Waals surface area contributed by atoms with E-state index < -0.39 is 0 Å². The van der Waals surface area contributed by atoms with Gasteiger partial charge in [0.15, 0.2) is 0 Å². The number of carbonyl (C=O) groups excluding carboxylic acids is 1.